The number of rotatable bonds is 4. The number of benzene rings is 9. The predicted octanol–water partition coefficient (Wildman–Crippen LogP) is 12.2. The number of phenols is 5. The average molecular weight is 703 g/mol. The van der Waals surface area contributed by atoms with Crippen LogP contribution in [0.25, 0.3) is 98.8 Å². The van der Waals surface area contributed by atoms with Gasteiger partial charge in [-0.15, -0.1) is 0 Å². The van der Waals surface area contributed by atoms with Gasteiger partial charge in [-0.05, 0) is 66.6 Å². The molecule has 54 heavy (non-hydrogen) atoms. The lowest BCUT2D eigenvalue weighted by molar-refractivity contribution is 0.350. The van der Waals surface area contributed by atoms with Gasteiger partial charge in [0.05, 0.1) is 10.8 Å². The minimum Gasteiger partial charge on any atom is -0.506 e. The number of fused-ring (bicyclic) bond motifs is 7. The van der Waals surface area contributed by atoms with E-state index in [4.69, 9.17) is 4.42 Å². The van der Waals surface area contributed by atoms with E-state index in [1.54, 1.807) is 30.3 Å². The summed E-state index contributed by atoms with van der Waals surface area (Å²) in [5, 5.41) is 61.3. The lowest BCUT2D eigenvalue weighted by atomic mass is 9.84. The van der Waals surface area contributed by atoms with Crippen molar-refractivity contribution in [2.45, 2.75) is 0 Å². The fourth-order valence-electron chi connectivity index (χ4n) is 8.24. The van der Waals surface area contributed by atoms with Crippen molar-refractivity contribution < 1.29 is 29.9 Å². The number of hydrogen-bond acceptors (Lipinski definition) is 6. The van der Waals surface area contributed by atoms with Crippen molar-refractivity contribution in [3.8, 4) is 73.3 Å². The highest BCUT2D eigenvalue weighted by Gasteiger charge is 2.30. The molecule has 0 spiro atoms. The number of furan rings is 1. The number of hydrogen-bond donors (Lipinski definition) is 5. The van der Waals surface area contributed by atoms with Crippen LogP contribution in [0.3, 0.4) is 0 Å². The first-order valence-electron chi connectivity index (χ1n) is 17.6. The smallest absolute Gasteiger partial charge is 0.205 e. The molecule has 0 fully saturated rings. The highest BCUT2D eigenvalue weighted by Crippen LogP contribution is 2.58. The maximum atomic E-state index is 12.4. The molecule has 0 atom stereocenters. The minimum atomic E-state index is -0.902. The molecule has 9 aromatic carbocycles. The van der Waals surface area contributed by atoms with Gasteiger partial charge in [0.2, 0.25) is 11.5 Å². The minimum absolute atomic E-state index is 0.0411. The van der Waals surface area contributed by atoms with Crippen LogP contribution in [-0.2, 0) is 0 Å². The van der Waals surface area contributed by atoms with Crippen LogP contribution >= 0.6 is 0 Å². The predicted molar refractivity (Wildman–Crippen MR) is 216 cm³/mol. The van der Waals surface area contributed by atoms with E-state index in [0.29, 0.717) is 21.9 Å². The maximum absolute atomic E-state index is 12.4. The van der Waals surface area contributed by atoms with Crippen molar-refractivity contribution in [1.82, 2.24) is 0 Å². The summed E-state index contributed by atoms with van der Waals surface area (Å²) in [6.07, 6.45) is 0. The first kappa shape index (κ1) is 31.3. The summed E-state index contributed by atoms with van der Waals surface area (Å²) in [7, 11) is 0. The molecule has 0 saturated heterocycles. The van der Waals surface area contributed by atoms with Crippen LogP contribution < -0.4 is 0 Å². The third kappa shape index (κ3) is 4.40. The quantitative estimate of drug-likeness (QED) is 0.0708. The molecule has 10 rings (SSSR count). The molecule has 258 valence electrons. The molecule has 5 N–H and O–H groups in total. The van der Waals surface area contributed by atoms with E-state index in [1.807, 2.05) is 60.7 Å². The van der Waals surface area contributed by atoms with Crippen molar-refractivity contribution in [3.63, 3.8) is 0 Å². The normalized spacial score (nSPS) is 11.7. The van der Waals surface area contributed by atoms with E-state index in [-0.39, 0.29) is 27.7 Å². The molecule has 10 aromatic rings. The average Bonchev–Trinajstić information content (AvgIpc) is 3.62. The van der Waals surface area contributed by atoms with Gasteiger partial charge in [-0.25, -0.2) is 0 Å². The first-order chi connectivity index (χ1) is 26.4. The SMILES string of the molecule is Oc1c(O)c(O)c2c(c1O)c(-c1ccccc1)c(O)c1c2oc2cccc(-c3c4ccccc4c(-c4ccc(-c5ccccc5)cc4)c4ccccc34)c21. The van der Waals surface area contributed by atoms with Gasteiger partial charge in [0.15, 0.2) is 17.1 Å². The van der Waals surface area contributed by atoms with Crippen molar-refractivity contribution in [1.29, 1.82) is 0 Å². The third-order valence-electron chi connectivity index (χ3n) is 10.6. The van der Waals surface area contributed by atoms with Crippen LogP contribution in [-0.4, -0.2) is 25.5 Å². The molecular formula is C48H30O6. The standard InChI is InChI=1S/C48H30O6/c49-43-37(28-14-5-2-6-15-28)40-42(45(51)47(53)46(52)44(40)50)48-41(43)39-34(20-11-21-35(39)54-48)38-32-18-9-7-16-30(32)36(31-17-8-10-19-33(31)38)29-24-22-27(23-25-29)26-12-3-1-4-13-26/h1-25,49-53H. The molecule has 0 aliphatic heterocycles. The third-order valence-corrected chi connectivity index (χ3v) is 10.6. The Hall–Kier alpha value is -7.44. The van der Waals surface area contributed by atoms with Crippen LogP contribution in [0.4, 0.5) is 0 Å². The van der Waals surface area contributed by atoms with E-state index < -0.39 is 23.0 Å². The van der Waals surface area contributed by atoms with E-state index in [0.717, 1.165) is 54.9 Å². The Labute approximate surface area is 308 Å². The highest BCUT2D eigenvalue weighted by molar-refractivity contribution is 6.31. The van der Waals surface area contributed by atoms with E-state index >= 15 is 0 Å². The topological polar surface area (TPSA) is 114 Å². The Bertz CT molecular complexity index is 3070. The lowest BCUT2D eigenvalue weighted by Crippen LogP contribution is -1.92. The fourth-order valence-corrected chi connectivity index (χ4v) is 8.24. The van der Waals surface area contributed by atoms with Crippen LogP contribution in [0.1, 0.15) is 0 Å². The van der Waals surface area contributed by atoms with Crippen LogP contribution in [0.2, 0.25) is 0 Å². The van der Waals surface area contributed by atoms with Crippen LogP contribution in [0, 0.1) is 0 Å². The molecule has 6 heteroatoms. The molecule has 6 nitrogen and oxygen atoms in total. The Morgan fingerprint density at radius 2 is 0.741 bits per heavy atom. The first-order valence-corrected chi connectivity index (χ1v) is 17.6. The van der Waals surface area contributed by atoms with E-state index in [9.17, 15) is 25.5 Å². The zero-order chi connectivity index (χ0) is 36.7. The highest BCUT2D eigenvalue weighted by atomic mass is 16.4. The second-order valence-electron chi connectivity index (χ2n) is 13.5. The van der Waals surface area contributed by atoms with E-state index in [2.05, 4.69) is 60.7 Å². The molecule has 0 saturated carbocycles. The van der Waals surface area contributed by atoms with Gasteiger partial charge >= 0.3 is 0 Å². The van der Waals surface area contributed by atoms with Gasteiger partial charge in [0.1, 0.15) is 11.3 Å². The van der Waals surface area contributed by atoms with E-state index in [1.165, 1.54) is 0 Å². The monoisotopic (exact) mass is 702 g/mol. The second-order valence-corrected chi connectivity index (χ2v) is 13.5. The molecule has 0 aliphatic rings. The fraction of sp³-hybridized carbons (Fsp3) is 0. The summed E-state index contributed by atoms with van der Waals surface area (Å²) in [6, 6.07) is 50.1. The Balaban J connectivity index is 1.33. The van der Waals surface area contributed by atoms with Crippen molar-refractivity contribution >= 4 is 54.3 Å². The van der Waals surface area contributed by atoms with Gasteiger partial charge in [0.25, 0.3) is 0 Å². The largest absolute Gasteiger partial charge is 0.506 e. The molecule has 1 heterocycles. The van der Waals surface area contributed by atoms with Crippen LogP contribution in [0.15, 0.2) is 156 Å². The van der Waals surface area contributed by atoms with Crippen molar-refractivity contribution in [3.05, 3.63) is 152 Å². The summed E-state index contributed by atoms with van der Waals surface area (Å²) in [5.41, 5.74) is 7.34. The molecule has 0 unspecified atom stereocenters. The van der Waals surface area contributed by atoms with Gasteiger partial charge in [-0.1, -0.05) is 146 Å². The summed E-state index contributed by atoms with van der Waals surface area (Å²) in [4.78, 5) is 0. The van der Waals surface area contributed by atoms with Gasteiger partial charge in [0, 0.05) is 16.3 Å². The Morgan fingerprint density at radius 3 is 1.33 bits per heavy atom. The Morgan fingerprint density at radius 1 is 0.296 bits per heavy atom. The number of aromatic hydroxyl groups is 5. The molecular weight excluding hydrogens is 673 g/mol. The van der Waals surface area contributed by atoms with Crippen LogP contribution in [0.5, 0.6) is 28.7 Å². The zero-order valence-electron chi connectivity index (χ0n) is 28.6. The molecule has 0 aliphatic carbocycles. The summed E-state index contributed by atoms with van der Waals surface area (Å²) < 4.78 is 6.47. The number of phenolic OH excluding ortho intramolecular Hbond substituents is 5. The van der Waals surface area contributed by atoms with Gasteiger partial charge in [-0.2, -0.15) is 0 Å². The zero-order valence-corrected chi connectivity index (χ0v) is 28.6. The van der Waals surface area contributed by atoms with Gasteiger partial charge < -0.3 is 29.9 Å². The van der Waals surface area contributed by atoms with Gasteiger partial charge in [-0.3, -0.25) is 0 Å². The molecule has 1 aromatic heterocycles. The summed E-state index contributed by atoms with van der Waals surface area (Å²) in [5.74, 6) is -3.38. The molecule has 0 radical (unpaired) electrons. The Kier molecular flexibility index (Phi) is 6.84. The summed E-state index contributed by atoms with van der Waals surface area (Å²) in [6.45, 7) is 0. The van der Waals surface area contributed by atoms with Crippen molar-refractivity contribution in [2.24, 2.45) is 0 Å². The summed E-state index contributed by atoms with van der Waals surface area (Å²) >= 11 is 0. The maximum Gasteiger partial charge on any atom is 0.205 e. The lowest BCUT2D eigenvalue weighted by Gasteiger charge is -2.19. The molecule has 0 bridgehead atoms. The second kappa shape index (κ2) is 11.8. The van der Waals surface area contributed by atoms with Crippen molar-refractivity contribution in [2.75, 3.05) is 0 Å². The molecule has 0 amide bonds.